The quantitative estimate of drug-likeness (QED) is 0.667. The smallest absolute Gasteiger partial charge is 0.161 e. The van der Waals surface area contributed by atoms with Crippen LogP contribution < -0.4 is 9.47 Å². The topological polar surface area (TPSA) is 18.5 Å². The lowest BCUT2D eigenvalue weighted by Gasteiger charge is -2.10. The monoisotopic (exact) mass is 296 g/mol. The lowest BCUT2D eigenvalue weighted by molar-refractivity contribution is 0.355. The Morgan fingerprint density at radius 3 is 2.24 bits per heavy atom. The van der Waals surface area contributed by atoms with Gasteiger partial charge in [0.1, 0.15) is 0 Å². The summed E-state index contributed by atoms with van der Waals surface area (Å²) in [7, 11) is 3.31. The highest BCUT2D eigenvalue weighted by atomic mass is 32.1. The van der Waals surface area contributed by atoms with Gasteiger partial charge in [0, 0.05) is 10.4 Å². The molecule has 2 nitrogen and oxygen atoms in total. The molecule has 0 spiro atoms. The van der Waals surface area contributed by atoms with E-state index in [1.165, 1.54) is 16.0 Å². The van der Waals surface area contributed by atoms with Gasteiger partial charge in [-0.2, -0.15) is 0 Å². The molecule has 1 heterocycles. The largest absolute Gasteiger partial charge is 0.493 e. The molecule has 0 amide bonds. The van der Waals surface area contributed by atoms with E-state index in [0.29, 0.717) is 0 Å². The highest BCUT2D eigenvalue weighted by molar-refractivity contribution is 7.14. The van der Waals surface area contributed by atoms with E-state index in [0.717, 1.165) is 17.1 Å². The van der Waals surface area contributed by atoms with E-state index in [9.17, 15) is 0 Å². The second kappa shape index (κ2) is 6.02. The average Bonchev–Trinajstić information content (AvgIpc) is 3.04. The van der Waals surface area contributed by atoms with Crippen LogP contribution in [0.2, 0.25) is 0 Å². The molecule has 21 heavy (non-hydrogen) atoms. The zero-order valence-electron chi connectivity index (χ0n) is 12.0. The summed E-state index contributed by atoms with van der Waals surface area (Å²) in [5.74, 6) is 1.50. The molecule has 0 saturated heterocycles. The fraction of sp³-hybridized carbons (Fsp3) is 0.111. The van der Waals surface area contributed by atoms with E-state index in [2.05, 4.69) is 41.8 Å². The molecule has 0 atom stereocenters. The van der Waals surface area contributed by atoms with Gasteiger partial charge in [-0.25, -0.2) is 0 Å². The van der Waals surface area contributed by atoms with Gasteiger partial charge in [-0.15, -0.1) is 11.3 Å². The van der Waals surface area contributed by atoms with Crippen molar-refractivity contribution in [3.63, 3.8) is 0 Å². The minimum atomic E-state index is 0.748. The molecule has 0 aliphatic rings. The standard InChI is InChI=1S/C18H16O2S/c1-19-16-9-8-14(12-17(16)20-2)15-10-11-21-18(15)13-6-4-3-5-7-13/h3-12H,1-2H3. The van der Waals surface area contributed by atoms with Crippen molar-refractivity contribution in [2.75, 3.05) is 14.2 Å². The fourth-order valence-electron chi connectivity index (χ4n) is 2.35. The van der Waals surface area contributed by atoms with Crippen molar-refractivity contribution in [1.82, 2.24) is 0 Å². The summed E-state index contributed by atoms with van der Waals surface area (Å²) in [5.41, 5.74) is 3.58. The first kappa shape index (κ1) is 13.7. The maximum atomic E-state index is 5.40. The Kier molecular flexibility index (Phi) is 3.93. The van der Waals surface area contributed by atoms with Crippen LogP contribution in [0, 0.1) is 0 Å². The number of rotatable bonds is 4. The first-order valence-electron chi connectivity index (χ1n) is 6.69. The maximum absolute atomic E-state index is 5.40. The summed E-state index contributed by atoms with van der Waals surface area (Å²) in [4.78, 5) is 1.27. The normalized spacial score (nSPS) is 10.4. The van der Waals surface area contributed by atoms with Crippen LogP contribution in [0.1, 0.15) is 0 Å². The van der Waals surface area contributed by atoms with Crippen LogP contribution in [-0.4, -0.2) is 14.2 Å². The summed E-state index contributed by atoms with van der Waals surface area (Å²) in [5, 5.41) is 2.12. The van der Waals surface area contributed by atoms with Gasteiger partial charge in [-0.1, -0.05) is 36.4 Å². The molecule has 3 heteroatoms. The van der Waals surface area contributed by atoms with Crippen molar-refractivity contribution in [1.29, 1.82) is 0 Å². The molecule has 0 aliphatic heterocycles. The average molecular weight is 296 g/mol. The molecule has 0 fully saturated rings. The van der Waals surface area contributed by atoms with E-state index in [1.54, 1.807) is 25.6 Å². The lowest BCUT2D eigenvalue weighted by atomic mass is 10.0. The molecule has 3 rings (SSSR count). The van der Waals surface area contributed by atoms with Gasteiger partial charge in [0.05, 0.1) is 14.2 Å². The molecule has 0 radical (unpaired) electrons. The van der Waals surface area contributed by atoms with Gasteiger partial charge in [0.2, 0.25) is 0 Å². The van der Waals surface area contributed by atoms with Crippen LogP contribution in [0.25, 0.3) is 21.6 Å². The van der Waals surface area contributed by atoms with Crippen LogP contribution in [0.15, 0.2) is 60.0 Å². The second-order valence-electron chi connectivity index (χ2n) is 4.60. The van der Waals surface area contributed by atoms with Gasteiger partial charge in [0.15, 0.2) is 11.5 Å². The van der Waals surface area contributed by atoms with E-state index in [-0.39, 0.29) is 0 Å². The summed E-state index contributed by atoms with van der Waals surface area (Å²) < 4.78 is 10.7. The van der Waals surface area contributed by atoms with Crippen molar-refractivity contribution >= 4 is 11.3 Å². The first-order valence-corrected chi connectivity index (χ1v) is 7.56. The molecule has 0 saturated carbocycles. The highest BCUT2D eigenvalue weighted by Crippen LogP contribution is 2.39. The Bertz CT molecular complexity index is 732. The van der Waals surface area contributed by atoms with Crippen LogP contribution in [0.3, 0.4) is 0 Å². The molecule has 2 aromatic carbocycles. The molecule has 0 aliphatic carbocycles. The number of hydrogen-bond donors (Lipinski definition) is 0. The van der Waals surface area contributed by atoms with E-state index in [1.807, 2.05) is 18.2 Å². The summed E-state index contributed by atoms with van der Waals surface area (Å²) in [6.07, 6.45) is 0. The lowest BCUT2D eigenvalue weighted by Crippen LogP contribution is -1.90. The zero-order chi connectivity index (χ0) is 14.7. The van der Waals surface area contributed by atoms with Crippen molar-refractivity contribution < 1.29 is 9.47 Å². The van der Waals surface area contributed by atoms with Crippen LogP contribution >= 0.6 is 11.3 Å². The zero-order valence-corrected chi connectivity index (χ0v) is 12.8. The van der Waals surface area contributed by atoms with E-state index >= 15 is 0 Å². The summed E-state index contributed by atoms with van der Waals surface area (Å²) >= 11 is 1.75. The third-order valence-corrected chi connectivity index (χ3v) is 4.36. The van der Waals surface area contributed by atoms with Crippen LogP contribution in [0.5, 0.6) is 11.5 Å². The van der Waals surface area contributed by atoms with E-state index < -0.39 is 0 Å². The number of ether oxygens (including phenoxy) is 2. The third kappa shape index (κ3) is 2.65. The Balaban J connectivity index is 2.08. The summed E-state index contributed by atoms with van der Waals surface area (Å²) in [6, 6.07) is 18.6. The van der Waals surface area contributed by atoms with Crippen molar-refractivity contribution in [3.05, 3.63) is 60.0 Å². The van der Waals surface area contributed by atoms with Gasteiger partial charge in [-0.3, -0.25) is 0 Å². The highest BCUT2D eigenvalue weighted by Gasteiger charge is 2.11. The van der Waals surface area contributed by atoms with Crippen molar-refractivity contribution in [2.24, 2.45) is 0 Å². The molecule has 0 unspecified atom stereocenters. The number of thiophene rings is 1. The van der Waals surface area contributed by atoms with Gasteiger partial charge in [-0.05, 0) is 34.7 Å². The Morgan fingerprint density at radius 2 is 1.52 bits per heavy atom. The third-order valence-electron chi connectivity index (χ3n) is 3.40. The summed E-state index contributed by atoms with van der Waals surface area (Å²) in [6.45, 7) is 0. The minimum absolute atomic E-state index is 0.748. The Labute approximate surface area is 128 Å². The minimum Gasteiger partial charge on any atom is -0.493 e. The van der Waals surface area contributed by atoms with Gasteiger partial charge >= 0.3 is 0 Å². The van der Waals surface area contributed by atoms with Gasteiger partial charge in [0.25, 0.3) is 0 Å². The first-order chi connectivity index (χ1) is 10.3. The predicted octanol–water partition coefficient (Wildman–Crippen LogP) is 5.10. The SMILES string of the molecule is COc1ccc(-c2ccsc2-c2ccccc2)cc1OC. The molecule has 1 aromatic heterocycles. The molecular formula is C18H16O2S. The molecule has 0 bridgehead atoms. The number of benzene rings is 2. The Hall–Kier alpha value is -2.26. The van der Waals surface area contributed by atoms with Crippen LogP contribution in [0.4, 0.5) is 0 Å². The molecule has 0 N–H and O–H groups in total. The van der Waals surface area contributed by atoms with Crippen LogP contribution in [-0.2, 0) is 0 Å². The van der Waals surface area contributed by atoms with E-state index in [4.69, 9.17) is 9.47 Å². The fourth-order valence-corrected chi connectivity index (χ4v) is 3.28. The van der Waals surface area contributed by atoms with Crippen molar-refractivity contribution in [3.8, 4) is 33.1 Å². The maximum Gasteiger partial charge on any atom is 0.161 e. The number of hydrogen-bond acceptors (Lipinski definition) is 3. The van der Waals surface area contributed by atoms with Gasteiger partial charge < -0.3 is 9.47 Å². The van der Waals surface area contributed by atoms with Crippen molar-refractivity contribution in [2.45, 2.75) is 0 Å². The Morgan fingerprint density at radius 1 is 0.762 bits per heavy atom. The molecular weight excluding hydrogens is 280 g/mol. The molecule has 106 valence electrons. The second-order valence-corrected chi connectivity index (χ2v) is 5.52. The predicted molar refractivity (Wildman–Crippen MR) is 88.3 cm³/mol. The number of methoxy groups -OCH3 is 2. The molecule has 3 aromatic rings.